The second-order valence-electron chi connectivity index (χ2n) is 4.71. The average Bonchev–Trinajstić information content (AvgIpc) is 2.07. The lowest BCUT2D eigenvalue weighted by atomic mass is 9.94. The molecule has 1 saturated heterocycles. The molecule has 0 radical (unpaired) electrons. The molecule has 80 valence electrons. The Hall–Kier alpha value is -1.06. The third-order valence-corrected chi connectivity index (χ3v) is 2.27. The summed E-state index contributed by atoms with van der Waals surface area (Å²) in [5.74, 6) is -0.131. The second-order valence-corrected chi connectivity index (χ2v) is 4.71. The van der Waals surface area contributed by atoms with E-state index in [2.05, 4.69) is 10.6 Å². The first-order chi connectivity index (χ1) is 6.41. The van der Waals surface area contributed by atoms with Gasteiger partial charge in [-0.05, 0) is 12.8 Å². The fourth-order valence-electron chi connectivity index (χ4n) is 1.28. The highest BCUT2D eigenvalue weighted by Gasteiger charge is 2.28. The highest BCUT2D eigenvalue weighted by Crippen LogP contribution is 2.14. The number of piperidine rings is 1. The van der Waals surface area contributed by atoms with Gasteiger partial charge in [0.25, 0.3) is 0 Å². The van der Waals surface area contributed by atoms with Crippen LogP contribution in [0, 0.1) is 5.41 Å². The highest BCUT2D eigenvalue weighted by atomic mass is 16.2. The van der Waals surface area contributed by atoms with Crippen molar-refractivity contribution in [1.82, 2.24) is 10.6 Å². The molecule has 2 amide bonds. The van der Waals surface area contributed by atoms with Gasteiger partial charge in [-0.1, -0.05) is 20.8 Å². The quantitative estimate of drug-likeness (QED) is 0.642. The van der Waals surface area contributed by atoms with Crippen molar-refractivity contribution in [2.45, 2.75) is 39.7 Å². The molecule has 0 bridgehead atoms. The Morgan fingerprint density at radius 2 is 2.14 bits per heavy atom. The molecular weight excluding hydrogens is 180 g/mol. The van der Waals surface area contributed by atoms with E-state index in [9.17, 15) is 9.59 Å². The summed E-state index contributed by atoms with van der Waals surface area (Å²) in [6, 6.07) is -0.338. The monoisotopic (exact) mass is 198 g/mol. The van der Waals surface area contributed by atoms with Crippen molar-refractivity contribution in [2.24, 2.45) is 5.41 Å². The molecular formula is C10H18N2O2. The molecule has 1 heterocycles. The Labute approximate surface area is 84.4 Å². The molecule has 4 heteroatoms. The zero-order valence-corrected chi connectivity index (χ0v) is 9.02. The standard InChI is InChI=1S/C10H18N2O2/c1-10(2,3)9(14)12-7-5-4-6-11-8(7)13/h7H,4-6H2,1-3H3,(H,11,13)(H,12,14). The normalized spacial score (nSPS) is 22.8. The van der Waals surface area contributed by atoms with Crippen LogP contribution in [0.4, 0.5) is 0 Å². The van der Waals surface area contributed by atoms with Crippen molar-refractivity contribution in [1.29, 1.82) is 0 Å². The lowest BCUT2D eigenvalue weighted by molar-refractivity contribution is -0.134. The van der Waals surface area contributed by atoms with Crippen LogP contribution in [-0.4, -0.2) is 24.4 Å². The number of hydrogen-bond donors (Lipinski definition) is 2. The Morgan fingerprint density at radius 3 is 2.64 bits per heavy atom. The van der Waals surface area contributed by atoms with E-state index in [0.29, 0.717) is 0 Å². The van der Waals surface area contributed by atoms with Crippen molar-refractivity contribution in [3.8, 4) is 0 Å². The summed E-state index contributed by atoms with van der Waals surface area (Å²) in [5.41, 5.74) is -0.433. The van der Waals surface area contributed by atoms with Crippen LogP contribution >= 0.6 is 0 Å². The molecule has 14 heavy (non-hydrogen) atoms. The van der Waals surface area contributed by atoms with Crippen LogP contribution < -0.4 is 10.6 Å². The smallest absolute Gasteiger partial charge is 0.242 e. The highest BCUT2D eigenvalue weighted by molar-refractivity contribution is 5.89. The number of rotatable bonds is 1. The third kappa shape index (κ3) is 2.72. The first kappa shape index (κ1) is 11.0. The van der Waals surface area contributed by atoms with Crippen molar-refractivity contribution < 1.29 is 9.59 Å². The van der Waals surface area contributed by atoms with Gasteiger partial charge in [0.05, 0.1) is 0 Å². The van der Waals surface area contributed by atoms with Gasteiger partial charge >= 0.3 is 0 Å². The first-order valence-corrected chi connectivity index (χ1v) is 5.00. The van der Waals surface area contributed by atoms with Crippen molar-refractivity contribution in [2.75, 3.05) is 6.54 Å². The second kappa shape index (κ2) is 3.98. The van der Waals surface area contributed by atoms with Crippen molar-refractivity contribution >= 4 is 11.8 Å². The number of hydrogen-bond acceptors (Lipinski definition) is 2. The molecule has 0 saturated carbocycles. The summed E-state index contributed by atoms with van der Waals surface area (Å²) in [5, 5.41) is 5.49. The Kier molecular flexibility index (Phi) is 3.13. The largest absolute Gasteiger partial charge is 0.354 e. The van der Waals surface area contributed by atoms with Crippen LogP contribution in [-0.2, 0) is 9.59 Å². The zero-order valence-electron chi connectivity index (χ0n) is 9.02. The van der Waals surface area contributed by atoms with Gasteiger partial charge in [0.15, 0.2) is 0 Å². The molecule has 4 nitrogen and oxygen atoms in total. The van der Waals surface area contributed by atoms with E-state index in [1.54, 1.807) is 0 Å². The average molecular weight is 198 g/mol. The van der Waals surface area contributed by atoms with Crippen molar-refractivity contribution in [3.05, 3.63) is 0 Å². The van der Waals surface area contributed by atoms with Crippen LogP contribution in [0.3, 0.4) is 0 Å². The maximum atomic E-state index is 11.6. The van der Waals surface area contributed by atoms with Gasteiger partial charge in [-0.3, -0.25) is 9.59 Å². The maximum Gasteiger partial charge on any atom is 0.242 e. The molecule has 0 aliphatic carbocycles. The van der Waals surface area contributed by atoms with Gasteiger partial charge in [0, 0.05) is 12.0 Å². The van der Waals surface area contributed by atoms with Gasteiger partial charge in [-0.2, -0.15) is 0 Å². The molecule has 1 unspecified atom stereocenters. The minimum atomic E-state index is -0.433. The van der Waals surface area contributed by atoms with Crippen LogP contribution in [0.1, 0.15) is 33.6 Å². The van der Waals surface area contributed by atoms with E-state index in [-0.39, 0.29) is 17.9 Å². The minimum absolute atomic E-state index is 0.0612. The van der Waals surface area contributed by atoms with Crippen molar-refractivity contribution in [3.63, 3.8) is 0 Å². The predicted molar refractivity (Wildman–Crippen MR) is 53.6 cm³/mol. The number of carbonyl (C=O) groups excluding carboxylic acids is 2. The molecule has 0 aromatic carbocycles. The maximum absolute atomic E-state index is 11.6. The van der Waals surface area contributed by atoms with E-state index < -0.39 is 5.41 Å². The number of amides is 2. The SMILES string of the molecule is CC(C)(C)C(=O)NC1CCCNC1=O. The summed E-state index contributed by atoms with van der Waals surface area (Å²) in [6.07, 6.45) is 1.68. The van der Waals surface area contributed by atoms with Crippen LogP contribution in [0.5, 0.6) is 0 Å². The van der Waals surface area contributed by atoms with E-state index in [0.717, 1.165) is 19.4 Å². The van der Waals surface area contributed by atoms with Gasteiger partial charge in [-0.15, -0.1) is 0 Å². The summed E-state index contributed by atoms with van der Waals surface area (Å²) < 4.78 is 0. The number of carbonyl (C=O) groups is 2. The molecule has 2 N–H and O–H groups in total. The van der Waals surface area contributed by atoms with Crippen LogP contribution in [0.15, 0.2) is 0 Å². The summed E-state index contributed by atoms with van der Waals surface area (Å²) in [7, 11) is 0. The van der Waals surface area contributed by atoms with E-state index in [1.807, 2.05) is 20.8 Å². The Morgan fingerprint density at radius 1 is 1.50 bits per heavy atom. The number of nitrogens with one attached hydrogen (secondary N) is 2. The molecule has 1 rings (SSSR count). The minimum Gasteiger partial charge on any atom is -0.354 e. The molecule has 1 aliphatic rings. The predicted octanol–water partition coefficient (Wildman–Crippen LogP) is 0.427. The lowest BCUT2D eigenvalue weighted by Crippen LogP contribution is -2.52. The van der Waals surface area contributed by atoms with Gasteiger partial charge in [-0.25, -0.2) is 0 Å². The van der Waals surface area contributed by atoms with E-state index in [1.165, 1.54) is 0 Å². The lowest BCUT2D eigenvalue weighted by Gasteiger charge is -2.26. The van der Waals surface area contributed by atoms with Gasteiger partial charge in [0.1, 0.15) is 6.04 Å². The molecule has 1 atom stereocenters. The molecule has 1 aliphatic heterocycles. The van der Waals surface area contributed by atoms with E-state index in [4.69, 9.17) is 0 Å². The zero-order chi connectivity index (χ0) is 10.8. The summed E-state index contributed by atoms with van der Waals surface area (Å²) >= 11 is 0. The fourth-order valence-corrected chi connectivity index (χ4v) is 1.28. The third-order valence-electron chi connectivity index (χ3n) is 2.27. The molecule has 0 aromatic heterocycles. The summed E-state index contributed by atoms with van der Waals surface area (Å²) in [6.45, 7) is 6.23. The fraction of sp³-hybridized carbons (Fsp3) is 0.800. The Balaban J connectivity index is 2.51. The van der Waals surface area contributed by atoms with Gasteiger partial charge in [0.2, 0.25) is 11.8 Å². The topological polar surface area (TPSA) is 58.2 Å². The van der Waals surface area contributed by atoms with Crippen LogP contribution in [0.25, 0.3) is 0 Å². The molecule has 0 spiro atoms. The molecule has 0 aromatic rings. The first-order valence-electron chi connectivity index (χ1n) is 5.00. The Bertz CT molecular complexity index is 243. The molecule has 1 fully saturated rings. The van der Waals surface area contributed by atoms with Crippen LogP contribution in [0.2, 0.25) is 0 Å². The van der Waals surface area contributed by atoms with E-state index >= 15 is 0 Å². The summed E-state index contributed by atoms with van der Waals surface area (Å²) in [4.78, 5) is 22.9. The van der Waals surface area contributed by atoms with Gasteiger partial charge < -0.3 is 10.6 Å².